The number of aryl methyl sites for hydroxylation is 2. The number of alkyl halides is 3. The molecule has 37 heavy (non-hydrogen) atoms. The number of carbonyl (C=O) groups excluding carboxylic acids is 1. The highest BCUT2D eigenvalue weighted by Crippen LogP contribution is 2.40. The topological polar surface area (TPSA) is 100 Å². The van der Waals surface area contributed by atoms with Crippen LogP contribution in [-0.4, -0.2) is 62.6 Å². The molecule has 198 valence electrons. The largest absolute Gasteiger partial charge is 0.390 e. The van der Waals surface area contributed by atoms with Crippen LogP contribution in [0.15, 0.2) is 18.6 Å². The quantitative estimate of drug-likeness (QED) is 0.436. The lowest BCUT2D eigenvalue weighted by Crippen LogP contribution is -2.30. The predicted molar refractivity (Wildman–Crippen MR) is 133 cm³/mol. The first-order valence-electron chi connectivity index (χ1n) is 12.7. The Hall–Kier alpha value is -3.28. The van der Waals surface area contributed by atoms with E-state index in [-0.39, 0.29) is 30.0 Å². The maximum Gasteiger partial charge on any atom is 0.390 e. The Morgan fingerprint density at radius 2 is 1.95 bits per heavy atom. The number of aromatic nitrogens is 5. The average molecular weight is 517 g/mol. The number of fused-ring (bicyclic) bond motifs is 1. The molecule has 0 unspecified atom stereocenters. The summed E-state index contributed by atoms with van der Waals surface area (Å²) in [6.07, 6.45) is 4.11. The molecule has 0 bridgehead atoms. The van der Waals surface area contributed by atoms with Crippen LogP contribution < -0.4 is 15.5 Å². The van der Waals surface area contributed by atoms with Gasteiger partial charge in [-0.2, -0.15) is 13.2 Å². The molecule has 1 atom stereocenters. The molecule has 1 amide bonds. The smallest absolute Gasteiger partial charge is 0.355 e. The van der Waals surface area contributed by atoms with Gasteiger partial charge in [0.2, 0.25) is 0 Å². The van der Waals surface area contributed by atoms with Crippen LogP contribution >= 0.6 is 0 Å². The van der Waals surface area contributed by atoms with Gasteiger partial charge < -0.3 is 19.9 Å². The SMILES string of the molecule is Cc1cn2cc(NC(=O)c3cnc(N4CC[C@@H](CNCCC(F)(F)F)C4)c(C4CCC4)n3)nc(C)c2n1. The van der Waals surface area contributed by atoms with Gasteiger partial charge in [0.25, 0.3) is 5.91 Å². The predicted octanol–water partition coefficient (Wildman–Crippen LogP) is 4.02. The molecule has 9 nitrogen and oxygen atoms in total. The van der Waals surface area contributed by atoms with Crippen molar-refractivity contribution in [2.24, 2.45) is 5.92 Å². The van der Waals surface area contributed by atoms with Crippen molar-refractivity contribution in [3.8, 4) is 0 Å². The Labute approximate surface area is 212 Å². The van der Waals surface area contributed by atoms with E-state index in [9.17, 15) is 18.0 Å². The van der Waals surface area contributed by atoms with Crippen LogP contribution in [0.3, 0.4) is 0 Å². The highest BCUT2D eigenvalue weighted by atomic mass is 19.4. The third-order valence-corrected chi connectivity index (χ3v) is 7.07. The summed E-state index contributed by atoms with van der Waals surface area (Å²) in [5, 5.41) is 5.77. The Morgan fingerprint density at radius 1 is 1.14 bits per heavy atom. The van der Waals surface area contributed by atoms with Gasteiger partial charge in [-0.3, -0.25) is 4.79 Å². The first-order valence-corrected chi connectivity index (χ1v) is 12.7. The molecule has 1 saturated carbocycles. The molecule has 3 aromatic heterocycles. The summed E-state index contributed by atoms with van der Waals surface area (Å²) < 4.78 is 39.0. The molecule has 2 aliphatic rings. The van der Waals surface area contributed by atoms with E-state index in [0.29, 0.717) is 24.6 Å². The van der Waals surface area contributed by atoms with Crippen molar-refractivity contribution in [2.75, 3.05) is 36.4 Å². The van der Waals surface area contributed by atoms with Crippen molar-refractivity contribution in [3.05, 3.63) is 41.4 Å². The lowest BCUT2D eigenvalue weighted by molar-refractivity contribution is -0.133. The van der Waals surface area contributed by atoms with E-state index in [1.807, 2.05) is 24.4 Å². The molecule has 12 heteroatoms. The molecular formula is C25H31F3N8O. The number of anilines is 2. The van der Waals surface area contributed by atoms with Crippen LogP contribution in [0.25, 0.3) is 5.65 Å². The van der Waals surface area contributed by atoms with Gasteiger partial charge in [0.05, 0.1) is 35.9 Å². The molecule has 4 heterocycles. The molecule has 2 fully saturated rings. The molecule has 1 saturated heterocycles. The monoisotopic (exact) mass is 516 g/mol. The Balaban J connectivity index is 1.27. The van der Waals surface area contributed by atoms with E-state index in [1.54, 1.807) is 6.20 Å². The highest BCUT2D eigenvalue weighted by molar-refractivity contribution is 6.02. The van der Waals surface area contributed by atoms with Gasteiger partial charge in [-0.05, 0) is 45.6 Å². The van der Waals surface area contributed by atoms with Crippen LogP contribution in [0.5, 0.6) is 0 Å². The summed E-state index contributed by atoms with van der Waals surface area (Å²) in [6, 6.07) is 0. The number of imidazole rings is 1. The standard InChI is InChI=1S/C25H31F3N8O/c1-15-12-36-14-20(32-16(2)22(36)31-15)34-24(37)19-11-30-23(21(33-19)18-4-3-5-18)35-9-6-17(13-35)10-29-8-7-25(26,27)28/h11-12,14,17-18,29H,3-10,13H2,1-2H3,(H,34,37)/t17-/m0/s1. The molecule has 1 aliphatic carbocycles. The minimum atomic E-state index is -4.14. The molecule has 0 radical (unpaired) electrons. The maximum atomic E-state index is 13.1. The summed E-state index contributed by atoms with van der Waals surface area (Å²) in [4.78, 5) is 33.5. The van der Waals surface area contributed by atoms with E-state index in [4.69, 9.17) is 4.98 Å². The second-order valence-corrected chi connectivity index (χ2v) is 10.0. The van der Waals surface area contributed by atoms with Gasteiger partial charge in [-0.1, -0.05) is 6.42 Å². The lowest BCUT2D eigenvalue weighted by Gasteiger charge is -2.29. The number of carbonyl (C=O) groups is 1. The van der Waals surface area contributed by atoms with E-state index in [2.05, 4.69) is 30.5 Å². The highest BCUT2D eigenvalue weighted by Gasteiger charge is 2.32. The van der Waals surface area contributed by atoms with Gasteiger partial charge >= 0.3 is 6.18 Å². The van der Waals surface area contributed by atoms with Crippen LogP contribution in [0.2, 0.25) is 0 Å². The van der Waals surface area contributed by atoms with Crippen molar-refractivity contribution in [2.45, 2.75) is 58.0 Å². The van der Waals surface area contributed by atoms with Gasteiger partial charge in [-0.25, -0.2) is 19.9 Å². The number of rotatable bonds is 8. The number of amides is 1. The van der Waals surface area contributed by atoms with Crippen LogP contribution in [0.1, 0.15) is 65.6 Å². The van der Waals surface area contributed by atoms with Crippen molar-refractivity contribution in [3.63, 3.8) is 0 Å². The average Bonchev–Trinajstić information content (AvgIpc) is 3.41. The third kappa shape index (κ3) is 5.84. The van der Waals surface area contributed by atoms with E-state index in [0.717, 1.165) is 55.1 Å². The van der Waals surface area contributed by atoms with E-state index >= 15 is 0 Å². The van der Waals surface area contributed by atoms with Crippen molar-refractivity contribution in [1.82, 2.24) is 29.7 Å². The first-order chi connectivity index (χ1) is 17.7. The fraction of sp³-hybridized carbons (Fsp3) is 0.560. The van der Waals surface area contributed by atoms with E-state index < -0.39 is 12.6 Å². The number of halogens is 3. The number of hydrogen-bond donors (Lipinski definition) is 2. The molecule has 5 rings (SSSR count). The van der Waals surface area contributed by atoms with Crippen LogP contribution in [0, 0.1) is 19.8 Å². The Kier molecular flexibility index (Phi) is 7.02. The summed E-state index contributed by atoms with van der Waals surface area (Å²) in [6.45, 7) is 5.67. The van der Waals surface area contributed by atoms with Crippen molar-refractivity contribution >= 4 is 23.2 Å². The maximum absolute atomic E-state index is 13.1. The Morgan fingerprint density at radius 3 is 2.68 bits per heavy atom. The zero-order valence-electron chi connectivity index (χ0n) is 21.0. The zero-order chi connectivity index (χ0) is 26.2. The van der Waals surface area contributed by atoms with E-state index in [1.165, 1.54) is 6.20 Å². The molecule has 2 N–H and O–H groups in total. The number of nitrogens with zero attached hydrogens (tertiary/aromatic N) is 6. The second kappa shape index (κ2) is 10.2. The molecule has 0 spiro atoms. The fourth-order valence-corrected chi connectivity index (χ4v) is 4.95. The summed E-state index contributed by atoms with van der Waals surface area (Å²) >= 11 is 0. The van der Waals surface area contributed by atoms with Gasteiger partial charge in [0.1, 0.15) is 11.5 Å². The van der Waals surface area contributed by atoms with Crippen LogP contribution in [0.4, 0.5) is 24.8 Å². The van der Waals surface area contributed by atoms with Crippen molar-refractivity contribution < 1.29 is 18.0 Å². The number of nitrogens with one attached hydrogen (secondary N) is 2. The second-order valence-electron chi connectivity index (χ2n) is 10.0. The van der Waals surface area contributed by atoms with Gasteiger partial charge in [0, 0.05) is 31.7 Å². The van der Waals surface area contributed by atoms with Crippen LogP contribution in [-0.2, 0) is 0 Å². The molecule has 1 aliphatic heterocycles. The molecular weight excluding hydrogens is 485 g/mol. The minimum Gasteiger partial charge on any atom is -0.355 e. The summed E-state index contributed by atoms with van der Waals surface area (Å²) in [7, 11) is 0. The Bertz CT molecular complexity index is 1290. The van der Waals surface area contributed by atoms with Gasteiger partial charge in [-0.15, -0.1) is 0 Å². The van der Waals surface area contributed by atoms with Gasteiger partial charge in [0.15, 0.2) is 11.5 Å². The zero-order valence-corrected chi connectivity index (χ0v) is 21.0. The number of hydrogen-bond acceptors (Lipinski definition) is 7. The third-order valence-electron chi connectivity index (χ3n) is 7.07. The summed E-state index contributed by atoms with van der Waals surface area (Å²) in [5.74, 6) is 1.30. The molecule has 0 aromatic carbocycles. The first kappa shape index (κ1) is 25.4. The van der Waals surface area contributed by atoms with Crippen molar-refractivity contribution in [1.29, 1.82) is 0 Å². The molecule has 3 aromatic rings. The normalized spacial score (nSPS) is 18.4. The lowest BCUT2D eigenvalue weighted by atomic mass is 9.82. The fourth-order valence-electron chi connectivity index (χ4n) is 4.95. The summed E-state index contributed by atoms with van der Waals surface area (Å²) in [5.41, 5.74) is 3.37. The minimum absolute atomic E-state index is 0.0707.